The van der Waals surface area contributed by atoms with E-state index in [0.717, 1.165) is 45.9 Å². The van der Waals surface area contributed by atoms with E-state index in [1.54, 1.807) is 36.3 Å². The molecule has 3 aromatic heterocycles. The average molecular weight is 565 g/mol. The molecule has 2 saturated carbocycles. The van der Waals surface area contributed by atoms with Gasteiger partial charge >= 0.3 is 6.18 Å². The number of hydrogen-bond donors (Lipinski definition) is 1. The molecule has 0 aliphatic heterocycles. The summed E-state index contributed by atoms with van der Waals surface area (Å²) in [5.41, 5.74) is 4.20. The Bertz CT molecular complexity index is 1540. The summed E-state index contributed by atoms with van der Waals surface area (Å²) in [4.78, 5) is 23.2. The Balaban J connectivity index is 1.18. The molecule has 9 nitrogen and oxygen atoms in total. The lowest BCUT2D eigenvalue weighted by Gasteiger charge is -2.35. The molecule has 1 amide bonds. The summed E-state index contributed by atoms with van der Waals surface area (Å²) >= 11 is 0. The van der Waals surface area contributed by atoms with Crippen molar-refractivity contribution in [2.45, 2.75) is 62.6 Å². The monoisotopic (exact) mass is 564 g/mol. The zero-order valence-corrected chi connectivity index (χ0v) is 22.8. The number of carbonyl (C=O) groups excluding carboxylic acids is 1. The van der Waals surface area contributed by atoms with E-state index < -0.39 is 24.0 Å². The van der Waals surface area contributed by atoms with Crippen LogP contribution < -0.4 is 5.32 Å². The highest BCUT2D eigenvalue weighted by Gasteiger charge is 2.46. The van der Waals surface area contributed by atoms with Gasteiger partial charge in [-0.25, -0.2) is 4.68 Å². The van der Waals surface area contributed by atoms with Gasteiger partial charge in [-0.15, -0.1) is 5.10 Å². The number of nitrogens with zero attached hydrogens (tertiary/aromatic N) is 7. The minimum atomic E-state index is -4.63. The standard InChI is InChI=1S/C29H31F3N8O/c1-39(28(41)20-9-7-19(8-10-20)27-36-37-38-40(27)2)26(29(30,31)32)18-11-13-21(14-12-18)35-23-16-34-22-4-3-15-33-25(22)24(23)17-5-6-17/h3-4,11-17,19-20,26,35H,5-10H2,1-2H3/t19?,20?,26-/m1/s1. The van der Waals surface area contributed by atoms with E-state index in [1.807, 2.05) is 12.1 Å². The van der Waals surface area contributed by atoms with Gasteiger partial charge in [-0.05, 0) is 84.7 Å². The topological polar surface area (TPSA) is 102 Å². The summed E-state index contributed by atoms with van der Waals surface area (Å²) in [6, 6.07) is 7.83. The summed E-state index contributed by atoms with van der Waals surface area (Å²) in [6.07, 6.45) is 3.28. The largest absolute Gasteiger partial charge is 0.413 e. The van der Waals surface area contributed by atoms with E-state index in [0.29, 0.717) is 37.3 Å². The molecule has 214 valence electrons. The molecule has 6 rings (SSSR count). The van der Waals surface area contributed by atoms with E-state index in [-0.39, 0.29) is 11.5 Å². The Morgan fingerprint density at radius 3 is 2.37 bits per heavy atom. The molecule has 0 saturated heterocycles. The molecule has 1 aromatic carbocycles. The smallest absolute Gasteiger partial charge is 0.354 e. The zero-order valence-electron chi connectivity index (χ0n) is 22.8. The SMILES string of the molecule is CN(C(=O)C1CCC(c2nnnn2C)CC1)[C@H](c1ccc(Nc2cnc3cccnc3c2C2CC2)cc1)C(F)(F)F. The van der Waals surface area contributed by atoms with Crippen molar-refractivity contribution in [3.8, 4) is 0 Å². The summed E-state index contributed by atoms with van der Waals surface area (Å²) < 4.78 is 44.7. The number of aryl methyl sites for hydroxylation is 1. The van der Waals surface area contributed by atoms with Crippen molar-refractivity contribution >= 4 is 28.3 Å². The normalized spacial score (nSPS) is 20.1. The van der Waals surface area contributed by atoms with Crippen LogP contribution in [0.15, 0.2) is 48.8 Å². The number of hydrogen-bond acceptors (Lipinski definition) is 7. The van der Waals surface area contributed by atoms with Gasteiger partial charge in [0.15, 0.2) is 11.9 Å². The van der Waals surface area contributed by atoms with Gasteiger partial charge in [-0.1, -0.05) is 12.1 Å². The first-order valence-corrected chi connectivity index (χ1v) is 13.9. The molecule has 1 atom stereocenters. The number of benzene rings is 1. The van der Waals surface area contributed by atoms with Gasteiger partial charge in [0, 0.05) is 43.4 Å². The number of carbonyl (C=O) groups is 1. The first-order valence-electron chi connectivity index (χ1n) is 13.9. The highest BCUT2D eigenvalue weighted by Crippen LogP contribution is 2.46. The Morgan fingerprint density at radius 2 is 1.73 bits per heavy atom. The van der Waals surface area contributed by atoms with E-state index in [2.05, 4.69) is 30.8 Å². The number of alkyl halides is 3. The summed E-state index contributed by atoms with van der Waals surface area (Å²) in [6.45, 7) is 0. The number of rotatable bonds is 7. The molecule has 0 bridgehead atoms. The van der Waals surface area contributed by atoms with Crippen molar-refractivity contribution in [3.63, 3.8) is 0 Å². The van der Waals surface area contributed by atoms with Gasteiger partial charge < -0.3 is 10.2 Å². The van der Waals surface area contributed by atoms with Crippen molar-refractivity contribution in [1.82, 2.24) is 35.1 Å². The molecule has 0 unspecified atom stereocenters. The Labute approximate surface area is 235 Å². The van der Waals surface area contributed by atoms with Gasteiger partial charge in [0.25, 0.3) is 0 Å². The fourth-order valence-electron chi connectivity index (χ4n) is 6.06. The lowest BCUT2D eigenvalue weighted by molar-refractivity contribution is -0.191. The lowest BCUT2D eigenvalue weighted by Crippen LogP contribution is -2.43. The van der Waals surface area contributed by atoms with Gasteiger partial charge in [-0.2, -0.15) is 13.2 Å². The zero-order chi connectivity index (χ0) is 28.7. The molecule has 2 fully saturated rings. The number of halogens is 3. The van der Waals surface area contributed by atoms with Crippen molar-refractivity contribution < 1.29 is 18.0 Å². The van der Waals surface area contributed by atoms with Crippen LogP contribution in [0.3, 0.4) is 0 Å². The van der Waals surface area contributed by atoms with Crippen LogP contribution in [-0.2, 0) is 11.8 Å². The second-order valence-electron chi connectivity index (χ2n) is 11.1. The van der Waals surface area contributed by atoms with Crippen molar-refractivity contribution in [3.05, 3.63) is 65.7 Å². The summed E-state index contributed by atoms with van der Waals surface area (Å²) in [5.74, 6) is 0.257. The van der Waals surface area contributed by atoms with E-state index in [1.165, 1.54) is 19.2 Å². The Kier molecular flexibility index (Phi) is 7.08. The highest BCUT2D eigenvalue weighted by atomic mass is 19.4. The van der Waals surface area contributed by atoms with Crippen molar-refractivity contribution in [1.29, 1.82) is 0 Å². The van der Waals surface area contributed by atoms with Crippen LogP contribution in [0.4, 0.5) is 24.5 Å². The van der Waals surface area contributed by atoms with Gasteiger partial charge in [-0.3, -0.25) is 14.8 Å². The second-order valence-corrected chi connectivity index (χ2v) is 11.1. The quantitative estimate of drug-likeness (QED) is 0.302. The third-order valence-electron chi connectivity index (χ3n) is 8.29. The van der Waals surface area contributed by atoms with Gasteiger partial charge in [0.1, 0.15) is 0 Å². The average Bonchev–Trinajstić information content (AvgIpc) is 3.71. The minimum Gasteiger partial charge on any atom is -0.354 e. The minimum absolute atomic E-state index is 0.0125. The Hall–Kier alpha value is -4.09. The highest BCUT2D eigenvalue weighted by molar-refractivity contribution is 5.85. The lowest BCUT2D eigenvalue weighted by atomic mass is 9.80. The number of fused-ring (bicyclic) bond motifs is 1. The van der Waals surface area contributed by atoms with Crippen LogP contribution in [0, 0.1) is 5.92 Å². The van der Waals surface area contributed by atoms with Gasteiger partial charge in [0.05, 0.1) is 22.9 Å². The first kappa shape index (κ1) is 27.1. The molecule has 4 aromatic rings. The fourth-order valence-corrected chi connectivity index (χ4v) is 6.06. The predicted molar refractivity (Wildman–Crippen MR) is 146 cm³/mol. The molecule has 0 spiro atoms. The number of amides is 1. The second kappa shape index (κ2) is 10.7. The van der Waals surface area contributed by atoms with Gasteiger partial charge in [0.2, 0.25) is 5.91 Å². The van der Waals surface area contributed by atoms with Crippen LogP contribution in [-0.4, -0.2) is 54.2 Å². The van der Waals surface area contributed by atoms with Crippen LogP contribution in [0.2, 0.25) is 0 Å². The number of tetrazole rings is 1. The maximum atomic E-state index is 14.4. The van der Waals surface area contributed by atoms with Crippen LogP contribution in [0.25, 0.3) is 11.0 Å². The molecule has 3 heterocycles. The summed E-state index contributed by atoms with van der Waals surface area (Å²) in [7, 11) is 3.01. The van der Waals surface area contributed by atoms with E-state index in [4.69, 9.17) is 0 Å². The maximum absolute atomic E-state index is 14.4. The summed E-state index contributed by atoms with van der Waals surface area (Å²) in [5, 5.41) is 14.9. The number of pyridine rings is 2. The van der Waals surface area contributed by atoms with Crippen molar-refractivity contribution in [2.75, 3.05) is 12.4 Å². The third-order valence-corrected chi connectivity index (χ3v) is 8.29. The number of anilines is 2. The molecule has 2 aliphatic carbocycles. The molecule has 2 aliphatic rings. The fraction of sp³-hybridized carbons (Fsp3) is 0.448. The third kappa shape index (κ3) is 5.47. The maximum Gasteiger partial charge on any atom is 0.413 e. The molecule has 41 heavy (non-hydrogen) atoms. The van der Waals surface area contributed by atoms with Crippen LogP contribution >= 0.6 is 0 Å². The molecule has 12 heteroatoms. The number of aromatic nitrogens is 6. The van der Waals surface area contributed by atoms with E-state index >= 15 is 0 Å². The molecular formula is C29H31F3N8O. The van der Waals surface area contributed by atoms with Crippen LogP contribution in [0.1, 0.15) is 73.4 Å². The van der Waals surface area contributed by atoms with Crippen molar-refractivity contribution in [2.24, 2.45) is 13.0 Å². The molecule has 0 radical (unpaired) electrons. The molecular weight excluding hydrogens is 533 g/mol. The Morgan fingerprint density at radius 1 is 1.02 bits per heavy atom. The van der Waals surface area contributed by atoms with Crippen LogP contribution in [0.5, 0.6) is 0 Å². The first-order chi connectivity index (χ1) is 19.7. The number of nitrogens with one attached hydrogen (secondary N) is 1. The predicted octanol–water partition coefficient (Wildman–Crippen LogP) is 5.81. The van der Waals surface area contributed by atoms with E-state index in [9.17, 15) is 18.0 Å². The molecule has 1 N–H and O–H groups in total.